The van der Waals surface area contributed by atoms with E-state index in [1.54, 1.807) is 18.2 Å². The van der Waals surface area contributed by atoms with E-state index in [1.165, 1.54) is 4.31 Å². The van der Waals surface area contributed by atoms with Crippen molar-refractivity contribution in [1.29, 1.82) is 0 Å². The largest absolute Gasteiger partial charge is 0.371 e. The predicted molar refractivity (Wildman–Crippen MR) is 90.1 cm³/mol. The van der Waals surface area contributed by atoms with Gasteiger partial charge in [-0.2, -0.15) is 4.31 Å². The van der Waals surface area contributed by atoms with E-state index in [2.05, 4.69) is 0 Å². The molecule has 0 amide bonds. The van der Waals surface area contributed by atoms with Gasteiger partial charge in [0.15, 0.2) is 0 Å². The van der Waals surface area contributed by atoms with Crippen molar-refractivity contribution in [2.75, 3.05) is 19.7 Å². The number of halogens is 1. The number of morpholine rings is 1. The molecule has 1 unspecified atom stereocenters. The van der Waals surface area contributed by atoms with Crippen molar-refractivity contribution in [2.45, 2.75) is 17.9 Å². The fraction of sp³-hybridized carbons (Fsp3) is 0.294. The third-order valence-corrected chi connectivity index (χ3v) is 6.02. The minimum absolute atomic E-state index is 0.288. The summed E-state index contributed by atoms with van der Waals surface area (Å²) in [4.78, 5) is 0.315. The van der Waals surface area contributed by atoms with Gasteiger partial charge in [-0.3, -0.25) is 0 Å². The summed E-state index contributed by atoms with van der Waals surface area (Å²) in [6.45, 7) is 2.94. The average molecular weight is 352 g/mol. The van der Waals surface area contributed by atoms with Crippen molar-refractivity contribution < 1.29 is 13.2 Å². The SMILES string of the molecule is Cc1ccc(S(=O)(=O)N2CCOC(c3cccc(Cl)c3)C2)cc1. The molecule has 1 atom stereocenters. The van der Waals surface area contributed by atoms with E-state index in [0.29, 0.717) is 23.1 Å². The number of hydrogen-bond donors (Lipinski definition) is 0. The fourth-order valence-electron chi connectivity index (χ4n) is 2.61. The van der Waals surface area contributed by atoms with Gasteiger partial charge in [-0.1, -0.05) is 41.4 Å². The van der Waals surface area contributed by atoms with Gasteiger partial charge in [0.25, 0.3) is 0 Å². The lowest BCUT2D eigenvalue weighted by molar-refractivity contribution is -0.00255. The van der Waals surface area contributed by atoms with Gasteiger partial charge in [-0.15, -0.1) is 0 Å². The van der Waals surface area contributed by atoms with E-state index in [0.717, 1.165) is 11.1 Å². The Kier molecular flexibility index (Phi) is 4.73. The van der Waals surface area contributed by atoms with Crippen LogP contribution in [0.1, 0.15) is 17.2 Å². The Balaban J connectivity index is 1.84. The van der Waals surface area contributed by atoms with E-state index in [4.69, 9.17) is 16.3 Å². The number of nitrogens with zero attached hydrogens (tertiary/aromatic N) is 1. The Morgan fingerprint density at radius 3 is 2.61 bits per heavy atom. The standard InChI is InChI=1S/C17H18ClNO3S/c1-13-5-7-16(8-6-13)23(20,21)19-9-10-22-17(12-19)14-3-2-4-15(18)11-14/h2-8,11,17H,9-10,12H2,1H3. The summed E-state index contributed by atoms with van der Waals surface area (Å²) in [5.41, 5.74) is 1.92. The maximum absolute atomic E-state index is 12.8. The molecule has 0 aromatic heterocycles. The lowest BCUT2D eigenvalue weighted by Crippen LogP contribution is -2.42. The van der Waals surface area contributed by atoms with Gasteiger partial charge in [0.2, 0.25) is 10.0 Å². The Hall–Kier alpha value is -1.40. The van der Waals surface area contributed by atoms with E-state index in [9.17, 15) is 8.42 Å². The van der Waals surface area contributed by atoms with Crippen LogP contribution in [0, 0.1) is 6.92 Å². The van der Waals surface area contributed by atoms with Gasteiger partial charge in [-0.25, -0.2) is 8.42 Å². The first-order valence-electron chi connectivity index (χ1n) is 7.41. The predicted octanol–water partition coefficient (Wildman–Crippen LogP) is 3.41. The van der Waals surface area contributed by atoms with Crippen LogP contribution in [0.25, 0.3) is 0 Å². The molecule has 0 radical (unpaired) electrons. The normalized spacial score (nSPS) is 19.7. The fourth-order valence-corrected chi connectivity index (χ4v) is 4.24. The van der Waals surface area contributed by atoms with Crippen LogP contribution in [0.5, 0.6) is 0 Å². The average Bonchev–Trinajstić information content (AvgIpc) is 2.55. The highest BCUT2D eigenvalue weighted by Crippen LogP contribution is 2.27. The Bertz CT molecular complexity index is 790. The highest BCUT2D eigenvalue weighted by atomic mass is 35.5. The van der Waals surface area contributed by atoms with Gasteiger partial charge < -0.3 is 4.74 Å². The van der Waals surface area contributed by atoms with Crippen LogP contribution in [0.3, 0.4) is 0 Å². The number of aryl methyl sites for hydroxylation is 1. The molecule has 1 fully saturated rings. The second kappa shape index (κ2) is 6.61. The topological polar surface area (TPSA) is 46.6 Å². The summed E-state index contributed by atoms with van der Waals surface area (Å²) in [6.07, 6.45) is -0.303. The lowest BCUT2D eigenvalue weighted by atomic mass is 10.1. The molecule has 23 heavy (non-hydrogen) atoms. The van der Waals surface area contributed by atoms with Crippen molar-refractivity contribution in [3.63, 3.8) is 0 Å². The molecule has 2 aromatic rings. The molecule has 0 aliphatic carbocycles. The zero-order valence-corrected chi connectivity index (χ0v) is 14.3. The first-order chi connectivity index (χ1) is 11.0. The Labute approximate surface area is 141 Å². The van der Waals surface area contributed by atoms with Crippen molar-refractivity contribution >= 4 is 21.6 Å². The first kappa shape index (κ1) is 16.5. The lowest BCUT2D eigenvalue weighted by Gasteiger charge is -2.32. The molecule has 0 bridgehead atoms. The summed E-state index contributed by atoms with van der Waals surface area (Å²) >= 11 is 6.01. The highest BCUT2D eigenvalue weighted by molar-refractivity contribution is 7.89. The Morgan fingerprint density at radius 2 is 1.91 bits per heavy atom. The van der Waals surface area contributed by atoms with Crippen LogP contribution < -0.4 is 0 Å². The van der Waals surface area contributed by atoms with Crippen LogP contribution in [0.2, 0.25) is 5.02 Å². The molecular weight excluding hydrogens is 334 g/mol. The molecule has 1 aliphatic heterocycles. The molecule has 1 heterocycles. The van der Waals surface area contributed by atoms with Crippen LogP contribution in [0.4, 0.5) is 0 Å². The number of rotatable bonds is 3. The molecule has 122 valence electrons. The van der Waals surface area contributed by atoms with Gasteiger partial charge >= 0.3 is 0 Å². The van der Waals surface area contributed by atoms with E-state index < -0.39 is 10.0 Å². The van der Waals surface area contributed by atoms with Crippen LogP contribution in [0.15, 0.2) is 53.4 Å². The Morgan fingerprint density at radius 1 is 1.17 bits per heavy atom. The molecule has 1 saturated heterocycles. The van der Waals surface area contributed by atoms with Crippen molar-refractivity contribution in [1.82, 2.24) is 4.31 Å². The summed E-state index contributed by atoms with van der Waals surface area (Å²) in [5, 5.41) is 0.615. The maximum atomic E-state index is 12.8. The third kappa shape index (κ3) is 3.58. The molecule has 4 nitrogen and oxygen atoms in total. The zero-order valence-electron chi connectivity index (χ0n) is 12.8. The first-order valence-corrected chi connectivity index (χ1v) is 9.22. The second-order valence-corrected chi connectivity index (χ2v) is 7.96. The van der Waals surface area contributed by atoms with E-state index >= 15 is 0 Å². The van der Waals surface area contributed by atoms with Gasteiger partial charge in [-0.05, 0) is 36.8 Å². The monoisotopic (exact) mass is 351 g/mol. The molecule has 0 spiro atoms. The molecule has 2 aromatic carbocycles. The van der Waals surface area contributed by atoms with Crippen LogP contribution in [-0.2, 0) is 14.8 Å². The number of hydrogen-bond acceptors (Lipinski definition) is 3. The molecule has 1 aliphatic rings. The minimum Gasteiger partial charge on any atom is -0.371 e. The summed E-state index contributed by atoms with van der Waals surface area (Å²) < 4.78 is 32.8. The summed E-state index contributed by atoms with van der Waals surface area (Å²) in [6, 6.07) is 14.3. The number of sulfonamides is 1. The zero-order chi connectivity index (χ0) is 16.4. The molecular formula is C17H18ClNO3S. The van der Waals surface area contributed by atoms with Crippen molar-refractivity contribution in [3.8, 4) is 0 Å². The van der Waals surface area contributed by atoms with Crippen LogP contribution >= 0.6 is 11.6 Å². The third-order valence-electron chi connectivity index (χ3n) is 3.91. The maximum Gasteiger partial charge on any atom is 0.243 e. The second-order valence-electron chi connectivity index (χ2n) is 5.59. The van der Waals surface area contributed by atoms with E-state index in [1.807, 2.05) is 37.3 Å². The van der Waals surface area contributed by atoms with Crippen molar-refractivity contribution in [3.05, 3.63) is 64.7 Å². The van der Waals surface area contributed by atoms with Gasteiger partial charge in [0, 0.05) is 18.1 Å². The number of ether oxygens (including phenoxy) is 1. The molecule has 3 rings (SSSR count). The van der Waals surface area contributed by atoms with Crippen molar-refractivity contribution in [2.24, 2.45) is 0 Å². The summed E-state index contributed by atoms with van der Waals surface area (Å²) in [7, 11) is -3.51. The van der Waals surface area contributed by atoms with Gasteiger partial charge in [0.1, 0.15) is 0 Å². The quantitative estimate of drug-likeness (QED) is 0.851. The number of benzene rings is 2. The van der Waals surface area contributed by atoms with Crippen LogP contribution in [-0.4, -0.2) is 32.4 Å². The highest BCUT2D eigenvalue weighted by Gasteiger charge is 2.31. The summed E-state index contributed by atoms with van der Waals surface area (Å²) in [5.74, 6) is 0. The molecule has 0 saturated carbocycles. The van der Waals surface area contributed by atoms with E-state index in [-0.39, 0.29) is 12.6 Å². The molecule has 0 N–H and O–H groups in total. The van der Waals surface area contributed by atoms with Gasteiger partial charge in [0.05, 0.1) is 17.6 Å². The minimum atomic E-state index is -3.51. The molecule has 6 heteroatoms. The smallest absolute Gasteiger partial charge is 0.243 e.